The van der Waals surface area contributed by atoms with Crippen LogP contribution in [0.5, 0.6) is 0 Å². The molecule has 0 heterocycles. The Kier molecular flexibility index (Phi) is 8.00. The number of rotatable bonds is 8. The second-order valence-corrected chi connectivity index (χ2v) is 7.67. The van der Waals surface area contributed by atoms with Crippen LogP contribution in [-0.2, 0) is 22.6 Å². The summed E-state index contributed by atoms with van der Waals surface area (Å²) in [4.78, 5) is 27.0. The molecule has 2 rings (SSSR count). The number of hydrogen-bond donors (Lipinski definition) is 1. The van der Waals surface area contributed by atoms with Gasteiger partial charge in [-0.05, 0) is 36.6 Å². The van der Waals surface area contributed by atoms with Crippen LogP contribution in [0.4, 0.5) is 4.39 Å². The van der Waals surface area contributed by atoms with Gasteiger partial charge in [0.25, 0.3) is 0 Å². The molecule has 0 saturated carbocycles. The molecule has 0 fully saturated rings. The number of benzene rings is 2. The summed E-state index contributed by atoms with van der Waals surface area (Å²) >= 11 is 5.90. The Morgan fingerprint density at radius 2 is 1.71 bits per heavy atom. The van der Waals surface area contributed by atoms with Crippen LogP contribution in [0.2, 0.25) is 5.02 Å². The van der Waals surface area contributed by atoms with Crippen LogP contribution < -0.4 is 5.32 Å². The van der Waals surface area contributed by atoms with Gasteiger partial charge in [-0.3, -0.25) is 9.59 Å². The molecule has 2 aromatic carbocycles. The summed E-state index contributed by atoms with van der Waals surface area (Å²) in [5, 5.41) is 3.43. The Bertz CT molecular complexity index is 808. The van der Waals surface area contributed by atoms with E-state index in [4.69, 9.17) is 11.6 Å². The van der Waals surface area contributed by atoms with E-state index >= 15 is 0 Å². The van der Waals surface area contributed by atoms with Gasteiger partial charge < -0.3 is 10.2 Å². The van der Waals surface area contributed by atoms with Crippen molar-refractivity contribution in [2.24, 2.45) is 5.92 Å². The van der Waals surface area contributed by atoms with Crippen molar-refractivity contribution in [3.63, 3.8) is 0 Å². The first-order valence-corrected chi connectivity index (χ1v) is 9.70. The lowest BCUT2D eigenvalue weighted by molar-refractivity contribution is -0.140. The van der Waals surface area contributed by atoms with Crippen LogP contribution in [0, 0.1) is 11.7 Å². The molecule has 150 valence electrons. The number of nitrogens with one attached hydrogen (secondary N) is 1. The van der Waals surface area contributed by atoms with E-state index in [0.717, 1.165) is 5.56 Å². The number of carbonyl (C=O) groups is 2. The second-order valence-electron chi connectivity index (χ2n) is 7.23. The maximum atomic E-state index is 14.1. The molecule has 1 N–H and O–H groups in total. The predicted molar refractivity (Wildman–Crippen MR) is 109 cm³/mol. The van der Waals surface area contributed by atoms with Gasteiger partial charge in [0.2, 0.25) is 11.8 Å². The lowest BCUT2D eigenvalue weighted by Gasteiger charge is -2.29. The summed E-state index contributed by atoms with van der Waals surface area (Å²) < 4.78 is 14.1. The zero-order valence-corrected chi connectivity index (χ0v) is 17.2. The van der Waals surface area contributed by atoms with Crippen molar-refractivity contribution < 1.29 is 14.0 Å². The summed E-state index contributed by atoms with van der Waals surface area (Å²) in [6.45, 7) is 6.19. The largest absolute Gasteiger partial charge is 0.354 e. The van der Waals surface area contributed by atoms with E-state index in [9.17, 15) is 14.0 Å². The molecule has 0 bridgehead atoms. The third-order valence-electron chi connectivity index (χ3n) is 4.42. The van der Waals surface area contributed by atoms with E-state index in [-0.39, 0.29) is 24.8 Å². The van der Waals surface area contributed by atoms with Crippen molar-refractivity contribution in [1.29, 1.82) is 0 Å². The lowest BCUT2D eigenvalue weighted by atomic mass is 10.1. The molecule has 0 aliphatic carbocycles. The molecule has 2 amide bonds. The first-order valence-electron chi connectivity index (χ1n) is 9.33. The number of amides is 2. The smallest absolute Gasteiger partial charge is 0.242 e. The lowest BCUT2D eigenvalue weighted by Crippen LogP contribution is -2.48. The highest BCUT2D eigenvalue weighted by molar-refractivity contribution is 6.30. The first kappa shape index (κ1) is 21.9. The SMILES string of the molecule is CC(C)CNC(=O)C(C)N(Cc1ccccc1F)C(=O)Cc1ccc(Cl)cc1. The fourth-order valence-electron chi connectivity index (χ4n) is 2.72. The Morgan fingerprint density at radius 3 is 2.32 bits per heavy atom. The highest BCUT2D eigenvalue weighted by Gasteiger charge is 2.27. The first-order chi connectivity index (χ1) is 13.3. The van der Waals surface area contributed by atoms with E-state index in [1.165, 1.54) is 11.0 Å². The normalized spacial score (nSPS) is 11.9. The van der Waals surface area contributed by atoms with E-state index in [1.807, 2.05) is 13.8 Å². The predicted octanol–water partition coefficient (Wildman–Crippen LogP) is 4.21. The molecule has 0 aliphatic heterocycles. The standard InChI is InChI=1S/C22H26ClFN2O2/c1-15(2)13-25-22(28)16(3)26(14-18-6-4-5-7-20(18)24)21(27)12-17-8-10-19(23)11-9-17/h4-11,15-16H,12-14H2,1-3H3,(H,25,28). The van der Waals surface area contributed by atoms with Crippen LogP contribution >= 0.6 is 11.6 Å². The van der Waals surface area contributed by atoms with Crippen LogP contribution in [-0.4, -0.2) is 29.3 Å². The van der Waals surface area contributed by atoms with E-state index in [2.05, 4.69) is 5.32 Å². The van der Waals surface area contributed by atoms with Crippen molar-refractivity contribution in [1.82, 2.24) is 10.2 Å². The van der Waals surface area contributed by atoms with Crippen molar-refractivity contribution in [2.45, 2.75) is 39.8 Å². The zero-order chi connectivity index (χ0) is 20.7. The molecular formula is C22H26ClFN2O2. The topological polar surface area (TPSA) is 49.4 Å². The third-order valence-corrected chi connectivity index (χ3v) is 4.67. The van der Waals surface area contributed by atoms with Crippen molar-refractivity contribution >= 4 is 23.4 Å². The highest BCUT2D eigenvalue weighted by atomic mass is 35.5. The van der Waals surface area contributed by atoms with Gasteiger partial charge in [0.15, 0.2) is 0 Å². The minimum Gasteiger partial charge on any atom is -0.354 e. The highest BCUT2D eigenvalue weighted by Crippen LogP contribution is 2.16. The maximum Gasteiger partial charge on any atom is 0.242 e. The van der Waals surface area contributed by atoms with Crippen LogP contribution in [0.3, 0.4) is 0 Å². The van der Waals surface area contributed by atoms with Crippen molar-refractivity contribution in [3.05, 3.63) is 70.5 Å². The maximum absolute atomic E-state index is 14.1. The van der Waals surface area contributed by atoms with Gasteiger partial charge in [0.1, 0.15) is 11.9 Å². The molecule has 28 heavy (non-hydrogen) atoms. The summed E-state index contributed by atoms with van der Waals surface area (Å²) in [6, 6.07) is 12.5. The molecule has 0 spiro atoms. The fraction of sp³-hybridized carbons (Fsp3) is 0.364. The summed E-state index contributed by atoms with van der Waals surface area (Å²) in [5.41, 5.74) is 1.15. The van der Waals surface area contributed by atoms with Crippen LogP contribution in [0.15, 0.2) is 48.5 Å². The molecule has 0 aliphatic rings. The summed E-state index contributed by atoms with van der Waals surface area (Å²) in [6.07, 6.45) is 0.105. The molecule has 0 aromatic heterocycles. The monoisotopic (exact) mass is 404 g/mol. The average molecular weight is 405 g/mol. The molecule has 1 atom stereocenters. The van der Waals surface area contributed by atoms with Gasteiger partial charge in [-0.1, -0.05) is 55.8 Å². The molecule has 6 heteroatoms. The van der Waals surface area contributed by atoms with Gasteiger partial charge in [-0.15, -0.1) is 0 Å². The Balaban J connectivity index is 2.21. The van der Waals surface area contributed by atoms with Gasteiger partial charge in [-0.25, -0.2) is 4.39 Å². The summed E-state index contributed by atoms with van der Waals surface area (Å²) in [5.74, 6) is -0.616. The van der Waals surface area contributed by atoms with Crippen molar-refractivity contribution in [3.8, 4) is 0 Å². The molecule has 4 nitrogen and oxygen atoms in total. The van der Waals surface area contributed by atoms with E-state index < -0.39 is 11.9 Å². The Labute approximate surface area is 170 Å². The molecule has 1 unspecified atom stereocenters. The van der Waals surface area contributed by atoms with Crippen LogP contribution in [0.25, 0.3) is 0 Å². The Morgan fingerprint density at radius 1 is 1.07 bits per heavy atom. The number of hydrogen-bond acceptors (Lipinski definition) is 2. The van der Waals surface area contributed by atoms with Gasteiger partial charge >= 0.3 is 0 Å². The quantitative estimate of drug-likeness (QED) is 0.716. The molecular weight excluding hydrogens is 379 g/mol. The van der Waals surface area contributed by atoms with Crippen LogP contribution in [0.1, 0.15) is 31.9 Å². The number of halogens is 2. The average Bonchev–Trinajstić information content (AvgIpc) is 2.66. The molecule has 0 radical (unpaired) electrons. The van der Waals surface area contributed by atoms with E-state index in [1.54, 1.807) is 49.4 Å². The zero-order valence-electron chi connectivity index (χ0n) is 16.4. The van der Waals surface area contributed by atoms with Gasteiger partial charge in [0.05, 0.1) is 6.42 Å². The second kappa shape index (κ2) is 10.2. The van der Waals surface area contributed by atoms with Crippen molar-refractivity contribution in [2.75, 3.05) is 6.54 Å². The summed E-state index contributed by atoms with van der Waals surface area (Å²) in [7, 11) is 0. The Hall–Kier alpha value is -2.40. The van der Waals surface area contributed by atoms with Gasteiger partial charge in [-0.2, -0.15) is 0 Å². The number of carbonyl (C=O) groups excluding carboxylic acids is 2. The van der Waals surface area contributed by atoms with Gasteiger partial charge in [0, 0.05) is 23.7 Å². The third kappa shape index (κ3) is 6.34. The molecule has 2 aromatic rings. The minimum absolute atomic E-state index is 0.0232. The minimum atomic E-state index is -0.724. The number of nitrogens with zero attached hydrogens (tertiary/aromatic N) is 1. The fourth-order valence-corrected chi connectivity index (χ4v) is 2.85. The van der Waals surface area contributed by atoms with E-state index in [0.29, 0.717) is 23.0 Å². The molecule has 0 saturated heterocycles.